The molecule has 17 heavy (non-hydrogen) atoms. The minimum Gasteiger partial charge on any atom is -0.347 e. The summed E-state index contributed by atoms with van der Waals surface area (Å²) >= 11 is 0. The van der Waals surface area contributed by atoms with Crippen molar-refractivity contribution in [2.24, 2.45) is 0 Å². The molecule has 0 bridgehead atoms. The quantitative estimate of drug-likeness (QED) is 0.815. The highest BCUT2D eigenvalue weighted by Gasteiger charge is 2.30. The highest BCUT2D eigenvalue weighted by molar-refractivity contribution is 7.13. The SMILES string of the molecule is CC1(NC(=O)c2ccccc2)CCN(P)CC1. The van der Waals surface area contributed by atoms with E-state index in [1.165, 1.54) is 0 Å². The Balaban J connectivity index is 1.99. The zero-order valence-electron chi connectivity index (χ0n) is 10.1. The number of amides is 1. The van der Waals surface area contributed by atoms with Crippen LogP contribution >= 0.6 is 9.39 Å². The normalized spacial score (nSPS) is 19.9. The lowest BCUT2D eigenvalue weighted by molar-refractivity contribution is 0.0873. The molecule has 1 heterocycles. The zero-order valence-corrected chi connectivity index (χ0v) is 11.3. The molecule has 1 N–H and O–H groups in total. The van der Waals surface area contributed by atoms with Crippen molar-refractivity contribution in [2.75, 3.05) is 13.1 Å². The number of nitrogens with one attached hydrogen (secondary N) is 1. The molecule has 1 aliphatic heterocycles. The summed E-state index contributed by atoms with van der Waals surface area (Å²) in [5.41, 5.74) is 0.669. The van der Waals surface area contributed by atoms with E-state index < -0.39 is 0 Å². The summed E-state index contributed by atoms with van der Waals surface area (Å²) in [6, 6.07) is 9.41. The second-order valence-electron chi connectivity index (χ2n) is 4.92. The van der Waals surface area contributed by atoms with Gasteiger partial charge < -0.3 is 5.32 Å². The summed E-state index contributed by atoms with van der Waals surface area (Å²) in [5, 5.41) is 3.16. The van der Waals surface area contributed by atoms with Crippen molar-refractivity contribution in [1.82, 2.24) is 9.99 Å². The highest BCUT2D eigenvalue weighted by atomic mass is 31.0. The second-order valence-corrected chi connectivity index (χ2v) is 5.65. The van der Waals surface area contributed by atoms with E-state index >= 15 is 0 Å². The van der Waals surface area contributed by atoms with E-state index in [1.807, 2.05) is 30.3 Å². The van der Waals surface area contributed by atoms with E-state index in [9.17, 15) is 4.79 Å². The van der Waals surface area contributed by atoms with Crippen LogP contribution in [-0.2, 0) is 0 Å². The van der Waals surface area contributed by atoms with E-state index in [0.29, 0.717) is 0 Å². The molecule has 4 heteroatoms. The van der Waals surface area contributed by atoms with Crippen molar-refractivity contribution in [1.29, 1.82) is 0 Å². The third kappa shape index (κ3) is 3.27. The lowest BCUT2D eigenvalue weighted by Crippen LogP contribution is -2.51. The van der Waals surface area contributed by atoms with Gasteiger partial charge in [-0.25, -0.2) is 0 Å². The van der Waals surface area contributed by atoms with Crippen LogP contribution in [0.5, 0.6) is 0 Å². The third-order valence-electron chi connectivity index (χ3n) is 3.35. The van der Waals surface area contributed by atoms with Gasteiger partial charge in [0.2, 0.25) is 0 Å². The number of rotatable bonds is 2. The molecular weight excluding hydrogens is 231 g/mol. The van der Waals surface area contributed by atoms with Crippen LogP contribution in [0.3, 0.4) is 0 Å². The van der Waals surface area contributed by atoms with Crippen LogP contribution in [0.15, 0.2) is 30.3 Å². The van der Waals surface area contributed by atoms with E-state index in [4.69, 9.17) is 0 Å². The van der Waals surface area contributed by atoms with Gasteiger partial charge >= 0.3 is 0 Å². The predicted octanol–water partition coefficient (Wildman–Crippen LogP) is 2.06. The fourth-order valence-electron chi connectivity index (χ4n) is 2.08. The molecule has 1 aromatic carbocycles. The molecule has 1 amide bonds. The summed E-state index contributed by atoms with van der Waals surface area (Å²) in [7, 11) is 2.72. The molecule has 0 radical (unpaired) electrons. The first-order valence-electron chi connectivity index (χ1n) is 5.96. The first-order chi connectivity index (χ1) is 8.09. The minimum absolute atomic E-state index is 0.0327. The standard InChI is InChI=1S/C13H19N2OP/c1-13(7-9-15(17)10-8-13)14-12(16)11-5-3-2-4-6-11/h2-6H,7-10,17H2,1H3,(H,14,16). The summed E-state index contributed by atoms with van der Waals surface area (Å²) in [5.74, 6) is 0.0327. The lowest BCUT2D eigenvalue weighted by atomic mass is 9.90. The molecule has 92 valence electrons. The molecule has 0 saturated carbocycles. The van der Waals surface area contributed by atoms with Gasteiger partial charge in [-0.05, 0) is 31.9 Å². The van der Waals surface area contributed by atoms with Crippen LogP contribution < -0.4 is 5.32 Å². The Hall–Kier alpha value is -0.920. The smallest absolute Gasteiger partial charge is 0.251 e. The maximum absolute atomic E-state index is 12.1. The minimum atomic E-state index is -0.0694. The van der Waals surface area contributed by atoms with Crippen molar-refractivity contribution < 1.29 is 4.79 Å². The van der Waals surface area contributed by atoms with Gasteiger partial charge in [-0.3, -0.25) is 9.46 Å². The molecule has 1 aliphatic rings. The number of benzene rings is 1. The molecule has 0 spiro atoms. The first-order valence-corrected chi connectivity index (χ1v) is 6.48. The highest BCUT2D eigenvalue weighted by Crippen LogP contribution is 2.23. The molecular formula is C13H19N2OP. The van der Waals surface area contributed by atoms with E-state index in [0.717, 1.165) is 31.5 Å². The van der Waals surface area contributed by atoms with Gasteiger partial charge in [0, 0.05) is 24.2 Å². The van der Waals surface area contributed by atoms with Crippen molar-refractivity contribution >= 4 is 15.3 Å². The second kappa shape index (κ2) is 5.16. The molecule has 1 atom stereocenters. The summed E-state index contributed by atoms with van der Waals surface area (Å²) < 4.78 is 2.22. The van der Waals surface area contributed by atoms with Crippen molar-refractivity contribution in [2.45, 2.75) is 25.3 Å². The van der Waals surface area contributed by atoms with Crippen molar-refractivity contribution in [3.05, 3.63) is 35.9 Å². The van der Waals surface area contributed by atoms with Gasteiger partial charge in [-0.2, -0.15) is 0 Å². The fraction of sp³-hybridized carbons (Fsp3) is 0.462. The van der Waals surface area contributed by atoms with E-state index in [1.54, 1.807) is 0 Å². The monoisotopic (exact) mass is 250 g/mol. The molecule has 1 fully saturated rings. The Morgan fingerprint density at radius 1 is 1.29 bits per heavy atom. The van der Waals surface area contributed by atoms with Crippen molar-refractivity contribution in [3.63, 3.8) is 0 Å². The van der Waals surface area contributed by atoms with Gasteiger partial charge in [0.25, 0.3) is 5.91 Å². The van der Waals surface area contributed by atoms with Crippen LogP contribution in [0.4, 0.5) is 0 Å². The summed E-state index contributed by atoms with van der Waals surface area (Å²) in [4.78, 5) is 12.1. The zero-order chi connectivity index (χ0) is 12.3. The molecule has 0 aromatic heterocycles. The van der Waals surface area contributed by atoms with Gasteiger partial charge in [0.1, 0.15) is 0 Å². The van der Waals surface area contributed by atoms with Crippen LogP contribution in [0, 0.1) is 0 Å². The van der Waals surface area contributed by atoms with Gasteiger partial charge in [-0.1, -0.05) is 27.6 Å². The van der Waals surface area contributed by atoms with Crippen LogP contribution in [0.25, 0.3) is 0 Å². The van der Waals surface area contributed by atoms with Gasteiger partial charge in [0.05, 0.1) is 0 Å². The topological polar surface area (TPSA) is 32.3 Å². The maximum atomic E-state index is 12.1. The molecule has 2 rings (SSSR count). The Morgan fingerprint density at radius 3 is 2.47 bits per heavy atom. The molecule has 1 unspecified atom stereocenters. The predicted molar refractivity (Wildman–Crippen MR) is 72.8 cm³/mol. The molecule has 1 saturated heterocycles. The molecule has 0 aliphatic carbocycles. The third-order valence-corrected chi connectivity index (χ3v) is 3.87. The number of carbonyl (C=O) groups excluding carboxylic acids is 1. The Labute approximate surface area is 105 Å². The molecule has 3 nitrogen and oxygen atoms in total. The lowest BCUT2D eigenvalue weighted by Gasteiger charge is -2.38. The number of nitrogens with zero attached hydrogens (tertiary/aromatic N) is 1. The average molecular weight is 250 g/mol. The molecule has 1 aromatic rings. The van der Waals surface area contributed by atoms with Crippen molar-refractivity contribution in [3.8, 4) is 0 Å². The van der Waals surface area contributed by atoms with E-state index in [-0.39, 0.29) is 11.4 Å². The maximum Gasteiger partial charge on any atom is 0.251 e. The Bertz CT molecular complexity index is 386. The Morgan fingerprint density at radius 2 is 1.88 bits per heavy atom. The fourth-order valence-corrected chi connectivity index (χ4v) is 2.34. The van der Waals surface area contributed by atoms with E-state index in [2.05, 4.69) is 26.3 Å². The number of hydrogen-bond acceptors (Lipinski definition) is 2. The van der Waals surface area contributed by atoms with Crippen LogP contribution in [0.1, 0.15) is 30.1 Å². The van der Waals surface area contributed by atoms with Crippen LogP contribution in [0.2, 0.25) is 0 Å². The summed E-state index contributed by atoms with van der Waals surface area (Å²) in [6.07, 6.45) is 1.99. The number of piperidine rings is 1. The number of hydrogen-bond donors (Lipinski definition) is 1. The average Bonchev–Trinajstić information content (AvgIpc) is 2.34. The largest absolute Gasteiger partial charge is 0.347 e. The number of carbonyl (C=O) groups is 1. The Kier molecular flexibility index (Phi) is 3.80. The first kappa shape index (κ1) is 12.5. The van der Waals surface area contributed by atoms with Gasteiger partial charge in [-0.15, -0.1) is 0 Å². The van der Waals surface area contributed by atoms with Crippen LogP contribution in [-0.4, -0.2) is 29.2 Å². The summed E-state index contributed by atoms with van der Waals surface area (Å²) in [6.45, 7) is 4.15. The van der Waals surface area contributed by atoms with Gasteiger partial charge in [0.15, 0.2) is 0 Å².